The van der Waals surface area contributed by atoms with Gasteiger partial charge in [-0.1, -0.05) is 17.7 Å². The van der Waals surface area contributed by atoms with E-state index in [2.05, 4.69) is 55.0 Å². The van der Waals surface area contributed by atoms with Crippen molar-refractivity contribution in [3.63, 3.8) is 0 Å². The molecule has 13 heteroatoms. The van der Waals surface area contributed by atoms with Gasteiger partial charge in [-0.15, -0.1) is 0 Å². The maximum Gasteiger partial charge on any atom is 0.262 e. The van der Waals surface area contributed by atoms with Gasteiger partial charge < -0.3 is 19.6 Å². The molecule has 4 amide bonds. The van der Waals surface area contributed by atoms with E-state index in [1.807, 2.05) is 24.3 Å². The molecule has 302 valence electrons. The SMILES string of the molecule is [C-]#[N+]c1ccc(N2CC3(CCN(c4ccc(C5CCN(CC6CCN(c7ccc8c(c7)C(=O)N(C7CCC(=O)NC7=O)C8=O)CC6)CC5)nc4)CC3)C[C@@H]2C)cc1Cl. The van der Waals surface area contributed by atoms with E-state index in [4.69, 9.17) is 23.2 Å². The number of halogens is 1. The van der Waals surface area contributed by atoms with Crippen LogP contribution < -0.4 is 20.0 Å². The molecule has 58 heavy (non-hydrogen) atoms. The summed E-state index contributed by atoms with van der Waals surface area (Å²) in [7, 11) is 0. The van der Waals surface area contributed by atoms with Crippen LogP contribution in [-0.4, -0.2) is 103 Å². The van der Waals surface area contributed by atoms with Crippen molar-refractivity contribution in [2.45, 2.75) is 82.7 Å². The van der Waals surface area contributed by atoms with Gasteiger partial charge in [0.25, 0.3) is 11.8 Å². The summed E-state index contributed by atoms with van der Waals surface area (Å²) < 4.78 is 0. The van der Waals surface area contributed by atoms with E-state index in [9.17, 15) is 19.2 Å². The maximum absolute atomic E-state index is 13.3. The summed E-state index contributed by atoms with van der Waals surface area (Å²) in [6.07, 6.45) is 10.2. The first-order valence-corrected chi connectivity index (χ1v) is 21.4. The van der Waals surface area contributed by atoms with Gasteiger partial charge in [0.15, 0.2) is 0 Å². The molecule has 0 bridgehead atoms. The number of anilines is 3. The molecule has 7 heterocycles. The molecule has 0 radical (unpaired) electrons. The van der Waals surface area contributed by atoms with E-state index in [1.54, 1.807) is 12.1 Å². The number of pyridine rings is 1. The van der Waals surface area contributed by atoms with Crippen molar-refractivity contribution in [3.8, 4) is 0 Å². The van der Waals surface area contributed by atoms with Crippen LogP contribution in [0.4, 0.5) is 22.7 Å². The second kappa shape index (κ2) is 15.6. The van der Waals surface area contributed by atoms with Crippen LogP contribution in [0.5, 0.6) is 0 Å². The average Bonchev–Trinajstić information content (AvgIpc) is 3.69. The van der Waals surface area contributed by atoms with Gasteiger partial charge in [0.1, 0.15) is 6.04 Å². The predicted molar refractivity (Wildman–Crippen MR) is 224 cm³/mol. The molecule has 6 aliphatic rings. The van der Waals surface area contributed by atoms with Crippen LogP contribution in [0.2, 0.25) is 5.02 Å². The van der Waals surface area contributed by atoms with E-state index in [1.165, 1.54) is 17.8 Å². The summed E-state index contributed by atoms with van der Waals surface area (Å²) >= 11 is 6.40. The van der Waals surface area contributed by atoms with E-state index in [-0.39, 0.29) is 18.7 Å². The Morgan fingerprint density at radius 1 is 0.828 bits per heavy atom. The van der Waals surface area contributed by atoms with Crippen molar-refractivity contribution in [1.82, 2.24) is 20.1 Å². The molecular formula is C45H51ClN8O4. The van der Waals surface area contributed by atoms with Crippen LogP contribution in [0.1, 0.15) is 97.0 Å². The molecule has 0 aliphatic carbocycles. The first-order valence-electron chi connectivity index (χ1n) is 21.1. The summed E-state index contributed by atoms with van der Waals surface area (Å²) in [5.74, 6) is -0.801. The monoisotopic (exact) mass is 802 g/mol. The number of piperidine rings is 4. The molecular weight excluding hydrogens is 752 g/mol. The number of benzene rings is 2. The van der Waals surface area contributed by atoms with Gasteiger partial charge in [-0.2, -0.15) is 0 Å². The second-order valence-corrected chi connectivity index (χ2v) is 17.9. The highest BCUT2D eigenvalue weighted by atomic mass is 35.5. The first kappa shape index (κ1) is 38.5. The molecule has 1 N–H and O–H groups in total. The number of carbonyl (C=O) groups excluding carboxylic acids is 4. The molecule has 1 spiro atoms. The van der Waals surface area contributed by atoms with Crippen LogP contribution >= 0.6 is 11.6 Å². The van der Waals surface area contributed by atoms with Crippen LogP contribution in [0.15, 0.2) is 54.7 Å². The van der Waals surface area contributed by atoms with Crippen molar-refractivity contribution in [1.29, 1.82) is 0 Å². The van der Waals surface area contributed by atoms with Gasteiger partial charge in [-0.25, -0.2) is 4.85 Å². The highest BCUT2D eigenvalue weighted by Gasteiger charge is 2.46. The largest absolute Gasteiger partial charge is 0.371 e. The van der Waals surface area contributed by atoms with Gasteiger partial charge >= 0.3 is 0 Å². The number of nitrogens with one attached hydrogen (secondary N) is 1. The lowest BCUT2D eigenvalue weighted by atomic mass is 9.76. The Labute approximate surface area is 345 Å². The van der Waals surface area contributed by atoms with Gasteiger partial charge in [0.2, 0.25) is 17.5 Å². The number of fused-ring (bicyclic) bond motifs is 1. The number of carbonyl (C=O) groups is 4. The first-order chi connectivity index (χ1) is 28.1. The van der Waals surface area contributed by atoms with Crippen LogP contribution in [0.3, 0.4) is 0 Å². The molecule has 3 aromatic rings. The number of amides is 4. The molecule has 6 aliphatic heterocycles. The normalized spacial score (nSPS) is 24.4. The summed E-state index contributed by atoms with van der Waals surface area (Å²) in [6.45, 7) is 17.8. The molecule has 2 aromatic carbocycles. The highest BCUT2D eigenvalue weighted by Crippen LogP contribution is 2.46. The van der Waals surface area contributed by atoms with Gasteiger partial charge in [-0.3, -0.25) is 34.4 Å². The lowest BCUT2D eigenvalue weighted by Crippen LogP contribution is -2.54. The fourth-order valence-corrected chi connectivity index (χ4v) is 10.9. The summed E-state index contributed by atoms with van der Waals surface area (Å²) in [5, 5.41) is 2.79. The third kappa shape index (κ3) is 7.32. The topological polar surface area (TPSA) is 114 Å². The molecule has 1 aromatic heterocycles. The minimum Gasteiger partial charge on any atom is -0.371 e. The summed E-state index contributed by atoms with van der Waals surface area (Å²) in [4.78, 5) is 70.1. The fraction of sp³-hybridized carbons (Fsp3) is 0.511. The van der Waals surface area contributed by atoms with Crippen molar-refractivity contribution in [3.05, 3.63) is 88.0 Å². The van der Waals surface area contributed by atoms with E-state index < -0.39 is 23.8 Å². The third-order valence-electron chi connectivity index (χ3n) is 14.0. The number of rotatable bonds is 7. The molecule has 12 nitrogen and oxygen atoms in total. The summed E-state index contributed by atoms with van der Waals surface area (Å²) in [5.41, 5.74) is 5.94. The Balaban J connectivity index is 0.721. The quantitative estimate of drug-likeness (QED) is 0.207. The Morgan fingerprint density at radius 2 is 1.53 bits per heavy atom. The zero-order chi connectivity index (χ0) is 40.1. The molecule has 5 fully saturated rings. The average molecular weight is 803 g/mol. The molecule has 1 unspecified atom stereocenters. The fourth-order valence-electron chi connectivity index (χ4n) is 10.7. The van der Waals surface area contributed by atoms with E-state index in [0.717, 1.165) is 107 Å². The molecule has 2 atom stereocenters. The highest BCUT2D eigenvalue weighted by molar-refractivity contribution is 6.33. The van der Waals surface area contributed by atoms with Crippen molar-refractivity contribution in [2.75, 3.05) is 67.1 Å². The predicted octanol–water partition coefficient (Wildman–Crippen LogP) is 6.67. The Hall–Kier alpha value is -4.99. The Bertz CT molecular complexity index is 2150. The number of aromatic nitrogens is 1. The maximum atomic E-state index is 13.3. The zero-order valence-electron chi connectivity index (χ0n) is 33.2. The van der Waals surface area contributed by atoms with Gasteiger partial charge in [-0.05, 0) is 125 Å². The number of nitrogens with zero attached hydrogens (tertiary/aromatic N) is 7. The number of likely N-dealkylation sites (tertiary alicyclic amines) is 1. The lowest BCUT2D eigenvalue weighted by molar-refractivity contribution is -0.136. The minimum absolute atomic E-state index is 0.107. The second-order valence-electron chi connectivity index (χ2n) is 17.5. The lowest BCUT2D eigenvalue weighted by Gasteiger charge is -2.40. The van der Waals surface area contributed by atoms with Crippen LogP contribution in [-0.2, 0) is 9.59 Å². The molecule has 5 saturated heterocycles. The van der Waals surface area contributed by atoms with Crippen molar-refractivity contribution < 1.29 is 19.2 Å². The standard InChI is InChI=1S/C45H51ClN8O4/c1-29-25-45(28-53(29)33-4-8-39(47-2)37(46)24-33)15-21-52(22-16-45)34-5-7-38(48-26-34)31-13-17-50(18-14-31)27-30-11-19-51(20-12-30)32-3-6-35-36(23-32)44(58)54(43(35)57)40-9-10-41(55)49-42(40)56/h3-8,23-24,26,29-31,40H,9-22,25,27-28H2,1H3,(H,49,55,56)/t29-,40?/m0/s1. The molecule has 9 rings (SSSR count). The Morgan fingerprint density at radius 3 is 2.22 bits per heavy atom. The third-order valence-corrected chi connectivity index (χ3v) is 14.3. The van der Waals surface area contributed by atoms with Gasteiger partial charge in [0.05, 0.1) is 29.6 Å². The summed E-state index contributed by atoms with van der Waals surface area (Å²) in [6, 6.07) is 15.3. The minimum atomic E-state index is -0.954. The molecule has 0 saturated carbocycles. The van der Waals surface area contributed by atoms with Crippen molar-refractivity contribution in [2.24, 2.45) is 11.3 Å². The Kier molecular flexibility index (Phi) is 10.4. The van der Waals surface area contributed by atoms with E-state index in [0.29, 0.717) is 45.1 Å². The van der Waals surface area contributed by atoms with Crippen LogP contribution in [0.25, 0.3) is 4.85 Å². The zero-order valence-corrected chi connectivity index (χ0v) is 33.9. The smallest absolute Gasteiger partial charge is 0.262 e. The van der Waals surface area contributed by atoms with Crippen molar-refractivity contribution >= 4 is 58.0 Å². The van der Waals surface area contributed by atoms with Crippen LogP contribution in [0, 0.1) is 17.9 Å². The van der Waals surface area contributed by atoms with E-state index >= 15 is 0 Å². The van der Waals surface area contributed by atoms with Gasteiger partial charge in [0, 0.05) is 79.7 Å². The number of hydrogen-bond acceptors (Lipinski definition) is 9. The number of imide groups is 2. The number of hydrogen-bond donors (Lipinski definition) is 1.